The summed E-state index contributed by atoms with van der Waals surface area (Å²) in [5, 5.41) is 0. The van der Waals surface area contributed by atoms with Crippen molar-refractivity contribution in [3.63, 3.8) is 0 Å². The molecule has 0 bridgehead atoms. The topological polar surface area (TPSA) is 27.6 Å². The molecule has 0 aromatic heterocycles. The fourth-order valence-corrected chi connectivity index (χ4v) is 3.87. The zero-order chi connectivity index (χ0) is 29.5. The van der Waals surface area contributed by atoms with Gasteiger partial charge in [-0.2, -0.15) is 158 Å². The van der Waals surface area contributed by atoms with E-state index in [1.165, 1.54) is 24.0 Å². The summed E-state index contributed by atoms with van der Waals surface area (Å²) in [6.45, 7) is 3.13. The molecule has 0 spiro atoms. The first kappa shape index (κ1) is 35.1. The Hall–Kier alpha value is -4.10. The van der Waals surface area contributed by atoms with Crippen LogP contribution < -0.4 is 5.73 Å². The Kier molecular flexibility index (Phi) is 18.4. The molecule has 212 valence electrons. The maximum absolute atomic E-state index is 3.88. The van der Waals surface area contributed by atoms with E-state index in [-0.39, 0.29) is 19.5 Å². The summed E-state index contributed by atoms with van der Waals surface area (Å²) in [5.41, 5.74) is 11.0. The molecule has 0 saturated carbocycles. The van der Waals surface area contributed by atoms with Crippen molar-refractivity contribution in [1.29, 1.82) is 0 Å². The van der Waals surface area contributed by atoms with Crippen molar-refractivity contribution in [3.05, 3.63) is 193 Å². The number of unbranched alkanes of at least 4 members (excludes halogenated alkanes) is 1. The van der Waals surface area contributed by atoms with Crippen molar-refractivity contribution in [2.24, 2.45) is 0 Å². The first-order valence-corrected chi connectivity index (χ1v) is 14.3. The van der Waals surface area contributed by atoms with E-state index in [0.29, 0.717) is 0 Å². The van der Waals surface area contributed by atoms with Crippen molar-refractivity contribution in [3.8, 4) is 22.3 Å². The monoisotopic (exact) mass is 646 g/mol. The quantitative estimate of drug-likeness (QED) is 0.107. The van der Waals surface area contributed by atoms with Gasteiger partial charge < -0.3 is 5.73 Å². The first-order valence-electron chi connectivity index (χ1n) is 14.3. The SMILES string of the molecule is Cc1cc[c-]c(-c2[c-]ccc(CCCC[NH3+])c2)c1.[Ru+8].[c-]1ccccc1.[c-]1ccccc1.[c-]1ccccc1-c1[c-]cccc1. The van der Waals surface area contributed by atoms with Crippen LogP contribution in [0.1, 0.15) is 24.0 Å². The van der Waals surface area contributed by atoms with Crippen molar-refractivity contribution >= 4 is 0 Å². The molecular formula is C41H38NRu+3. The van der Waals surface area contributed by atoms with Gasteiger partial charge in [-0.15, -0.1) is 35.4 Å². The molecule has 0 saturated heterocycles. The van der Waals surface area contributed by atoms with Crippen LogP contribution in [-0.2, 0) is 25.9 Å². The zero-order valence-corrected chi connectivity index (χ0v) is 26.5. The normalized spacial score (nSPS) is 9.35. The van der Waals surface area contributed by atoms with E-state index in [1.54, 1.807) is 0 Å². The molecule has 0 fully saturated rings. The summed E-state index contributed by atoms with van der Waals surface area (Å²) in [4.78, 5) is 0. The molecule has 1 nitrogen and oxygen atoms in total. The van der Waals surface area contributed by atoms with Gasteiger partial charge in [0.25, 0.3) is 0 Å². The fraction of sp³-hybridized carbons (Fsp3) is 0.122. The van der Waals surface area contributed by atoms with Gasteiger partial charge in [0.15, 0.2) is 0 Å². The van der Waals surface area contributed by atoms with Gasteiger partial charge in [0.1, 0.15) is 0 Å². The van der Waals surface area contributed by atoms with E-state index in [2.05, 4.69) is 73.3 Å². The number of rotatable bonds is 6. The molecule has 0 aliphatic rings. The van der Waals surface area contributed by atoms with Gasteiger partial charge in [0.2, 0.25) is 0 Å². The molecule has 6 aromatic rings. The molecule has 0 unspecified atom stereocenters. The van der Waals surface area contributed by atoms with Crippen LogP contribution in [0.15, 0.2) is 146 Å². The predicted molar refractivity (Wildman–Crippen MR) is 175 cm³/mol. The second kappa shape index (κ2) is 22.5. The maximum atomic E-state index is 3.88. The predicted octanol–water partition coefficient (Wildman–Crippen LogP) is 8.75. The number of hydrogen-bond donors (Lipinski definition) is 1. The van der Waals surface area contributed by atoms with Gasteiger partial charge in [0, 0.05) is 0 Å². The molecule has 6 aromatic carbocycles. The Balaban J connectivity index is 0.000000221. The van der Waals surface area contributed by atoms with E-state index in [0.717, 1.165) is 35.2 Å². The molecule has 6 rings (SSSR count). The second-order valence-electron chi connectivity index (χ2n) is 9.41. The summed E-state index contributed by atoms with van der Waals surface area (Å²) >= 11 is 0. The van der Waals surface area contributed by atoms with E-state index < -0.39 is 0 Å². The molecule has 0 aliphatic carbocycles. The average molecular weight is 646 g/mol. The van der Waals surface area contributed by atoms with Gasteiger partial charge in [-0.3, -0.25) is 0 Å². The largest absolute Gasteiger partial charge is 8.00 e. The van der Waals surface area contributed by atoms with E-state index in [9.17, 15) is 0 Å². The number of quaternary nitrogens is 1. The Morgan fingerprint density at radius 2 is 0.977 bits per heavy atom. The Morgan fingerprint density at radius 1 is 0.488 bits per heavy atom. The van der Waals surface area contributed by atoms with Gasteiger partial charge >= 0.3 is 19.5 Å². The number of hydrogen-bond acceptors (Lipinski definition) is 0. The molecule has 0 aliphatic heterocycles. The smallest absolute Gasteiger partial charge is 0.358 e. The summed E-state index contributed by atoms with van der Waals surface area (Å²) in [7, 11) is 0. The van der Waals surface area contributed by atoms with Crippen molar-refractivity contribution in [1.82, 2.24) is 0 Å². The number of aryl methyl sites for hydroxylation is 2. The maximum Gasteiger partial charge on any atom is 8.00 e. The van der Waals surface area contributed by atoms with Gasteiger partial charge in [-0.25, -0.2) is 22.3 Å². The van der Waals surface area contributed by atoms with Gasteiger partial charge in [0.05, 0.1) is 6.54 Å². The van der Waals surface area contributed by atoms with Crippen molar-refractivity contribution < 1.29 is 25.2 Å². The van der Waals surface area contributed by atoms with Crippen molar-refractivity contribution in [2.45, 2.75) is 26.2 Å². The molecule has 0 amide bonds. The third kappa shape index (κ3) is 15.1. The first-order chi connectivity index (χ1) is 20.8. The van der Waals surface area contributed by atoms with E-state index >= 15 is 0 Å². The molecular weight excluding hydrogens is 608 g/mol. The minimum absolute atomic E-state index is 0. The van der Waals surface area contributed by atoms with Crippen LogP contribution in [-0.4, -0.2) is 6.54 Å². The summed E-state index contributed by atoms with van der Waals surface area (Å²) in [6.07, 6.45) is 3.54. The minimum atomic E-state index is 0. The zero-order valence-electron chi connectivity index (χ0n) is 24.7. The third-order valence-electron chi connectivity index (χ3n) is 6.00. The Bertz CT molecular complexity index is 1350. The molecule has 3 N–H and O–H groups in total. The number of benzene rings is 6. The van der Waals surface area contributed by atoms with E-state index in [1.807, 2.05) is 121 Å². The summed E-state index contributed by atoms with van der Waals surface area (Å²) < 4.78 is 0. The van der Waals surface area contributed by atoms with Crippen molar-refractivity contribution in [2.75, 3.05) is 6.54 Å². The molecule has 2 heteroatoms. The van der Waals surface area contributed by atoms with Crippen LogP contribution in [0.4, 0.5) is 0 Å². The third-order valence-corrected chi connectivity index (χ3v) is 6.00. The summed E-state index contributed by atoms with van der Waals surface area (Å²) in [5.74, 6) is 0. The van der Waals surface area contributed by atoms with Crippen LogP contribution in [0.25, 0.3) is 22.3 Å². The van der Waals surface area contributed by atoms with Crippen LogP contribution in [0.2, 0.25) is 0 Å². The Morgan fingerprint density at radius 3 is 1.40 bits per heavy atom. The van der Waals surface area contributed by atoms with Crippen LogP contribution in [0, 0.1) is 43.3 Å². The van der Waals surface area contributed by atoms with Crippen LogP contribution in [0.3, 0.4) is 0 Å². The molecule has 0 atom stereocenters. The van der Waals surface area contributed by atoms with Crippen LogP contribution >= 0.6 is 0 Å². The fourth-order valence-electron chi connectivity index (χ4n) is 3.87. The second-order valence-corrected chi connectivity index (χ2v) is 9.41. The summed E-state index contributed by atoms with van der Waals surface area (Å²) in [6, 6.07) is 66.3. The van der Waals surface area contributed by atoms with E-state index in [4.69, 9.17) is 0 Å². The molecule has 0 heterocycles. The van der Waals surface area contributed by atoms with Crippen LogP contribution in [0.5, 0.6) is 0 Å². The van der Waals surface area contributed by atoms with Gasteiger partial charge in [-0.05, 0) is 19.3 Å². The standard InChI is InChI=1S/C17H19N.C12H8.2C6H5.Ru/c1-14-6-4-9-16(12-14)17-10-5-8-15(13-17)7-2-3-11-18;1-3-7-11(8-4-1)12-9-5-2-6-10-12;2*1-2-4-6-5-3-1;/h4-6,8,12-13H,2-3,7,11,18H2,1H3;1-7,9H;2*1-5H;/q2*-2;2*-1;+8/p+1. The Labute approximate surface area is 272 Å². The minimum Gasteiger partial charge on any atom is -0.358 e. The molecule has 0 radical (unpaired) electrons. The average Bonchev–Trinajstić information content (AvgIpc) is 3.08. The molecule has 43 heavy (non-hydrogen) atoms. The van der Waals surface area contributed by atoms with Gasteiger partial charge in [-0.1, -0.05) is 6.92 Å².